The van der Waals surface area contributed by atoms with E-state index in [0.29, 0.717) is 24.5 Å². The number of ether oxygens (including phenoxy) is 3. The van der Waals surface area contributed by atoms with Gasteiger partial charge in [0.1, 0.15) is 0 Å². The summed E-state index contributed by atoms with van der Waals surface area (Å²) in [7, 11) is 3.21. The number of amides is 1. The van der Waals surface area contributed by atoms with Gasteiger partial charge in [-0.05, 0) is 42.0 Å². The van der Waals surface area contributed by atoms with E-state index in [-0.39, 0.29) is 11.4 Å². The molecule has 3 rings (SSSR count). The van der Waals surface area contributed by atoms with E-state index in [0.717, 1.165) is 56.2 Å². The van der Waals surface area contributed by atoms with Gasteiger partial charge in [0.25, 0.3) is 0 Å². The zero-order valence-corrected chi connectivity index (χ0v) is 17.1. The van der Waals surface area contributed by atoms with Gasteiger partial charge in [0.05, 0.1) is 33.9 Å². The van der Waals surface area contributed by atoms with E-state index < -0.39 is 0 Å². The van der Waals surface area contributed by atoms with E-state index in [1.165, 1.54) is 0 Å². The first-order valence-electron chi connectivity index (χ1n) is 9.55. The van der Waals surface area contributed by atoms with Crippen LogP contribution in [0.15, 0.2) is 18.2 Å². The van der Waals surface area contributed by atoms with Crippen LogP contribution in [0.2, 0.25) is 0 Å². The van der Waals surface area contributed by atoms with Gasteiger partial charge in [0, 0.05) is 25.2 Å². The third kappa shape index (κ3) is 5.09. The molecule has 1 amide bonds. The van der Waals surface area contributed by atoms with E-state index in [2.05, 4.69) is 10.2 Å². The largest absolute Gasteiger partial charge is 0.493 e. The molecule has 0 bridgehead atoms. The second kappa shape index (κ2) is 9.66. The van der Waals surface area contributed by atoms with Crippen molar-refractivity contribution in [2.45, 2.75) is 24.8 Å². The molecule has 0 aromatic heterocycles. The molecule has 2 aliphatic rings. The minimum Gasteiger partial charge on any atom is -0.493 e. The lowest BCUT2D eigenvalue weighted by Gasteiger charge is -2.48. The Morgan fingerprint density at radius 1 is 1.19 bits per heavy atom. The molecule has 1 aromatic rings. The topological polar surface area (TPSA) is 60.0 Å². The fourth-order valence-electron chi connectivity index (χ4n) is 3.90. The molecule has 1 N–H and O–H groups in total. The fourth-order valence-corrected chi connectivity index (χ4v) is 5.15. The first kappa shape index (κ1) is 20.3. The lowest BCUT2D eigenvalue weighted by molar-refractivity contribution is -0.121. The summed E-state index contributed by atoms with van der Waals surface area (Å²) >= 11 is 2.01. The number of benzene rings is 1. The number of rotatable bonds is 7. The highest BCUT2D eigenvalue weighted by Gasteiger charge is 2.39. The predicted molar refractivity (Wildman–Crippen MR) is 108 cm³/mol. The maximum atomic E-state index is 12.6. The monoisotopic (exact) mass is 394 g/mol. The van der Waals surface area contributed by atoms with Crippen molar-refractivity contribution in [1.29, 1.82) is 0 Å². The number of morpholine rings is 1. The highest BCUT2D eigenvalue weighted by atomic mass is 32.2. The summed E-state index contributed by atoms with van der Waals surface area (Å²) in [6.45, 7) is 4.19. The first-order chi connectivity index (χ1) is 13.2. The van der Waals surface area contributed by atoms with Gasteiger partial charge in [-0.25, -0.2) is 0 Å². The molecule has 7 heteroatoms. The summed E-state index contributed by atoms with van der Waals surface area (Å²) in [5, 5.41) is 3.20. The van der Waals surface area contributed by atoms with Crippen LogP contribution in [-0.4, -0.2) is 74.9 Å². The van der Waals surface area contributed by atoms with E-state index in [4.69, 9.17) is 14.2 Å². The summed E-state index contributed by atoms with van der Waals surface area (Å²) in [5.41, 5.74) is 0.993. The van der Waals surface area contributed by atoms with Crippen molar-refractivity contribution in [3.8, 4) is 11.5 Å². The number of carbonyl (C=O) groups is 1. The number of nitrogens with one attached hydrogen (secondary N) is 1. The smallest absolute Gasteiger partial charge is 0.224 e. The Morgan fingerprint density at radius 3 is 2.56 bits per heavy atom. The Bertz CT molecular complexity index is 628. The normalized spacial score (nSPS) is 20.1. The number of thioether (sulfide) groups is 1. The van der Waals surface area contributed by atoms with E-state index >= 15 is 0 Å². The molecule has 0 spiro atoms. The van der Waals surface area contributed by atoms with Crippen LogP contribution >= 0.6 is 11.8 Å². The van der Waals surface area contributed by atoms with Gasteiger partial charge in [-0.1, -0.05) is 6.07 Å². The van der Waals surface area contributed by atoms with Crippen LogP contribution in [0.1, 0.15) is 18.4 Å². The second-order valence-corrected chi connectivity index (χ2v) is 8.30. The number of methoxy groups -OCH3 is 2. The van der Waals surface area contributed by atoms with Crippen molar-refractivity contribution in [3.05, 3.63) is 23.8 Å². The lowest BCUT2D eigenvalue weighted by Crippen LogP contribution is -2.60. The molecule has 2 heterocycles. The average molecular weight is 395 g/mol. The zero-order valence-electron chi connectivity index (χ0n) is 16.3. The number of hydrogen-bond acceptors (Lipinski definition) is 6. The van der Waals surface area contributed by atoms with Crippen molar-refractivity contribution in [2.24, 2.45) is 0 Å². The Balaban J connectivity index is 1.60. The van der Waals surface area contributed by atoms with Crippen molar-refractivity contribution < 1.29 is 19.0 Å². The number of carbonyl (C=O) groups excluding carboxylic acids is 1. The van der Waals surface area contributed by atoms with E-state index in [9.17, 15) is 4.79 Å². The Kier molecular flexibility index (Phi) is 7.26. The molecule has 2 saturated heterocycles. The van der Waals surface area contributed by atoms with Crippen molar-refractivity contribution in [1.82, 2.24) is 10.2 Å². The SMILES string of the molecule is COc1ccc(CC(=O)NCC2(N3CCOCC3)CCSCC2)cc1OC. The lowest BCUT2D eigenvalue weighted by atomic mass is 9.89. The minimum absolute atomic E-state index is 0.0491. The molecule has 1 aromatic carbocycles. The molecule has 2 fully saturated rings. The van der Waals surface area contributed by atoms with Crippen molar-refractivity contribution in [2.75, 3.05) is 58.6 Å². The minimum atomic E-state index is 0.0491. The Hall–Kier alpha value is -1.44. The van der Waals surface area contributed by atoms with Gasteiger partial charge in [-0.3, -0.25) is 9.69 Å². The summed E-state index contributed by atoms with van der Waals surface area (Å²) in [6, 6.07) is 5.62. The molecule has 6 nitrogen and oxygen atoms in total. The standard InChI is InChI=1S/C20H30N2O4S/c1-24-17-4-3-16(13-18(17)25-2)14-19(23)21-15-20(5-11-27-12-6-20)22-7-9-26-10-8-22/h3-4,13H,5-12,14-15H2,1-2H3,(H,21,23). The van der Waals surface area contributed by atoms with Crippen LogP contribution in [0.5, 0.6) is 11.5 Å². The van der Waals surface area contributed by atoms with Crippen molar-refractivity contribution in [3.63, 3.8) is 0 Å². The summed E-state index contributed by atoms with van der Waals surface area (Å²) in [6.07, 6.45) is 2.58. The highest BCUT2D eigenvalue weighted by molar-refractivity contribution is 7.99. The van der Waals surface area contributed by atoms with Gasteiger partial charge in [0.15, 0.2) is 11.5 Å². The van der Waals surface area contributed by atoms with Crippen LogP contribution in [0.3, 0.4) is 0 Å². The van der Waals surface area contributed by atoms with Gasteiger partial charge >= 0.3 is 0 Å². The van der Waals surface area contributed by atoms with E-state index in [1.807, 2.05) is 30.0 Å². The summed E-state index contributed by atoms with van der Waals surface area (Å²) < 4.78 is 16.1. The van der Waals surface area contributed by atoms with Crippen LogP contribution in [-0.2, 0) is 16.0 Å². The fraction of sp³-hybridized carbons (Fsp3) is 0.650. The number of nitrogens with zero attached hydrogens (tertiary/aromatic N) is 1. The molecular weight excluding hydrogens is 364 g/mol. The van der Waals surface area contributed by atoms with Gasteiger partial charge < -0.3 is 19.5 Å². The third-order valence-electron chi connectivity index (χ3n) is 5.53. The Labute approximate surface area is 165 Å². The molecular formula is C20H30N2O4S. The zero-order chi connectivity index (χ0) is 19.1. The molecule has 0 saturated carbocycles. The molecule has 0 aliphatic carbocycles. The van der Waals surface area contributed by atoms with Gasteiger partial charge in [-0.2, -0.15) is 11.8 Å². The Morgan fingerprint density at radius 2 is 1.89 bits per heavy atom. The average Bonchev–Trinajstić information content (AvgIpc) is 2.73. The predicted octanol–water partition coefficient (Wildman–Crippen LogP) is 1.96. The van der Waals surface area contributed by atoms with Crippen LogP contribution in [0, 0.1) is 0 Å². The molecule has 27 heavy (non-hydrogen) atoms. The van der Waals surface area contributed by atoms with Crippen LogP contribution in [0.4, 0.5) is 0 Å². The third-order valence-corrected chi connectivity index (χ3v) is 6.52. The summed E-state index contributed by atoms with van der Waals surface area (Å²) in [4.78, 5) is 15.1. The van der Waals surface area contributed by atoms with Gasteiger partial charge in [-0.15, -0.1) is 0 Å². The maximum absolute atomic E-state index is 12.6. The number of hydrogen-bond donors (Lipinski definition) is 1. The maximum Gasteiger partial charge on any atom is 0.224 e. The molecule has 0 unspecified atom stereocenters. The molecule has 2 aliphatic heterocycles. The van der Waals surface area contributed by atoms with Crippen LogP contribution < -0.4 is 14.8 Å². The molecule has 0 atom stereocenters. The van der Waals surface area contributed by atoms with Crippen molar-refractivity contribution >= 4 is 17.7 Å². The first-order valence-corrected chi connectivity index (χ1v) is 10.7. The quantitative estimate of drug-likeness (QED) is 0.763. The molecule has 0 radical (unpaired) electrons. The second-order valence-electron chi connectivity index (χ2n) is 7.08. The van der Waals surface area contributed by atoms with Crippen LogP contribution in [0.25, 0.3) is 0 Å². The van der Waals surface area contributed by atoms with E-state index in [1.54, 1.807) is 14.2 Å². The molecule has 150 valence electrons. The highest BCUT2D eigenvalue weighted by Crippen LogP contribution is 2.33. The van der Waals surface area contributed by atoms with Gasteiger partial charge in [0.2, 0.25) is 5.91 Å². The summed E-state index contributed by atoms with van der Waals surface area (Å²) in [5.74, 6) is 3.68.